The molecule has 2 aromatic rings. The molecular weight excluding hydrogens is 321 g/mol. The van der Waals surface area contributed by atoms with Crippen LogP contribution < -0.4 is 5.32 Å². The number of rotatable bonds is 5. The molecule has 0 aliphatic carbocycles. The van der Waals surface area contributed by atoms with Crippen LogP contribution in [0.5, 0.6) is 0 Å². The van der Waals surface area contributed by atoms with Crippen molar-refractivity contribution in [3.63, 3.8) is 0 Å². The number of amides is 1. The summed E-state index contributed by atoms with van der Waals surface area (Å²) in [4.78, 5) is 23.6. The molecule has 0 saturated heterocycles. The molecule has 4 nitrogen and oxygen atoms in total. The summed E-state index contributed by atoms with van der Waals surface area (Å²) in [6.45, 7) is 1.33. The molecule has 0 spiro atoms. The molecule has 1 N–H and O–H groups in total. The first-order chi connectivity index (χ1) is 11.0. The van der Waals surface area contributed by atoms with Crippen molar-refractivity contribution in [1.82, 2.24) is 5.32 Å². The third-order valence-electron chi connectivity index (χ3n) is 3.16. The van der Waals surface area contributed by atoms with Crippen LogP contribution in [0.15, 0.2) is 48.5 Å². The zero-order valence-electron chi connectivity index (χ0n) is 12.4. The summed E-state index contributed by atoms with van der Waals surface area (Å²) >= 11 is 5.61. The molecular formula is C17H15ClFNO3. The topological polar surface area (TPSA) is 55.4 Å². The van der Waals surface area contributed by atoms with Gasteiger partial charge in [0.2, 0.25) is 0 Å². The summed E-state index contributed by atoms with van der Waals surface area (Å²) in [5, 5.41) is 2.87. The first-order valence-electron chi connectivity index (χ1n) is 6.94. The summed E-state index contributed by atoms with van der Waals surface area (Å²) in [5.41, 5.74) is 0.661. The predicted octanol–water partition coefficient (Wildman–Crippen LogP) is 3.51. The fourth-order valence-electron chi connectivity index (χ4n) is 1.97. The molecule has 0 bridgehead atoms. The number of halogens is 2. The summed E-state index contributed by atoms with van der Waals surface area (Å²) in [6, 6.07) is 12.7. The Hall–Kier alpha value is -2.40. The summed E-state index contributed by atoms with van der Waals surface area (Å²) < 4.78 is 18.4. The van der Waals surface area contributed by atoms with E-state index in [0.717, 1.165) is 11.6 Å². The fraction of sp³-hybridized carbons (Fsp3) is 0.176. The molecule has 23 heavy (non-hydrogen) atoms. The number of esters is 1. The first kappa shape index (κ1) is 17.0. The molecule has 1 atom stereocenters. The van der Waals surface area contributed by atoms with Gasteiger partial charge in [-0.1, -0.05) is 41.9 Å². The van der Waals surface area contributed by atoms with Crippen molar-refractivity contribution >= 4 is 23.5 Å². The Morgan fingerprint density at radius 2 is 1.91 bits per heavy atom. The van der Waals surface area contributed by atoms with Gasteiger partial charge in [0.15, 0.2) is 6.61 Å². The number of carbonyl (C=O) groups excluding carboxylic acids is 2. The number of nitrogens with one attached hydrogen (secondary N) is 1. The molecule has 1 amide bonds. The Labute approximate surface area is 138 Å². The molecule has 0 saturated carbocycles. The van der Waals surface area contributed by atoms with E-state index in [1.54, 1.807) is 0 Å². The van der Waals surface area contributed by atoms with Gasteiger partial charge in [0.1, 0.15) is 5.82 Å². The van der Waals surface area contributed by atoms with Crippen molar-refractivity contribution in [2.24, 2.45) is 0 Å². The molecule has 120 valence electrons. The number of hydrogen-bond acceptors (Lipinski definition) is 3. The minimum absolute atomic E-state index is 0.175. The quantitative estimate of drug-likeness (QED) is 0.851. The van der Waals surface area contributed by atoms with Crippen LogP contribution in [-0.4, -0.2) is 18.5 Å². The van der Waals surface area contributed by atoms with E-state index in [9.17, 15) is 14.0 Å². The Morgan fingerprint density at radius 1 is 1.22 bits per heavy atom. The normalized spacial score (nSPS) is 11.6. The highest BCUT2D eigenvalue weighted by molar-refractivity contribution is 6.30. The van der Waals surface area contributed by atoms with E-state index in [4.69, 9.17) is 16.3 Å². The Morgan fingerprint density at radius 3 is 2.57 bits per heavy atom. The highest BCUT2D eigenvalue weighted by Gasteiger charge is 2.16. The molecule has 0 radical (unpaired) electrons. The van der Waals surface area contributed by atoms with Crippen molar-refractivity contribution in [2.75, 3.05) is 6.61 Å². The van der Waals surface area contributed by atoms with Crippen molar-refractivity contribution in [3.8, 4) is 0 Å². The summed E-state index contributed by atoms with van der Waals surface area (Å²) in [6.07, 6.45) is 0. The van der Waals surface area contributed by atoms with Crippen molar-refractivity contribution in [2.45, 2.75) is 13.0 Å². The van der Waals surface area contributed by atoms with Gasteiger partial charge in [-0.25, -0.2) is 9.18 Å². The second-order valence-electron chi connectivity index (χ2n) is 4.90. The maximum absolute atomic E-state index is 13.6. The van der Waals surface area contributed by atoms with Gasteiger partial charge in [0.25, 0.3) is 5.91 Å². The number of benzene rings is 2. The van der Waals surface area contributed by atoms with Crippen LogP contribution in [0.25, 0.3) is 0 Å². The van der Waals surface area contributed by atoms with Gasteiger partial charge < -0.3 is 10.1 Å². The lowest BCUT2D eigenvalue weighted by atomic mass is 10.1. The predicted molar refractivity (Wildman–Crippen MR) is 84.7 cm³/mol. The second kappa shape index (κ2) is 7.74. The van der Waals surface area contributed by atoms with Gasteiger partial charge in [-0.05, 0) is 30.7 Å². The maximum Gasteiger partial charge on any atom is 0.341 e. The summed E-state index contributed by atoms with van der Waals surface area (Å²) in [5.74, 6) is -2.17. The average molecular weight is 336 g/mol. The molecule has 0 aliphatic heterocycles. The minimum atomic E-state index is -0.915. The van der Waals surface area contributed by atoms with Crippen LogP contribution in [-0.2, 0) is 9.53 Å². The van der Waals surface area contributed by atoms with E-state index < -0.39 is 24.3 Å². The first-order valence-corrected chi connectivity index (χ1v) is 7.31. The molecule has 0 fully saturated rings. The lowest BCUT2D eigenvalue weighted by Crippen LogP contribution is -2.31. The molecule has 2 rings (SSSR count). The van der Waals surface area contributed by atoms with Gasteiger partial charge in [-0.2, -0.15) is 0 Å². The Kier molecular flexibility index (Phi) is 5.71. The van der Waals surface area contributed by atoms with Crippen LogP contribution in [0.4, 0.5) is 4.39 Å². The van der Waals surface area contributed by atoms with E-state index in [1.165, 1.54) is 12.1 Å². The van der Waals surface area contributed by atoms with E-state index in [2.05, 4.69) is 5.32 Å². The number of ether oxygens (including phenoxy) is 1. The minimum Gasteiger partial charge on any atom is -0.452 e. The van der Waals surface area contributed by atoms with E-state index in [0.29, 0.717) is 0 Å². The van der Waals surface area contributed by atoms with Crippen LogP contribution in [0.1, 0.15) is 28.9 Å². The van der Waals surface area contributed by atoms with Gasteiger partial charge in [0.05, 0.1) is 11.6 Å². The fourth-order valence-corrected chi connectivity index (χ4v) is 2.13. The summed E-state index contributed by atoms with van der Waals surface area (Å²) in [7, 11) is 0. The number of carbonyl (C=O) groups is 2. The standard InChI is InChI=1S/C17H15ClFNO3/c1-11(12-5-3-2-4-6-12)20-16(21)10-23-17(22)14-8-7-13(18)9-15(14)19/h2-9,11H,10H2,1H3,(H,20,21)/t11-/m0/s1. The lowest BCUT2D eigenvalue weighted by Gasteiger charge is -2.14. The van der Waals surface area contributed by atoms with Crippen molar-refractivity contribution in [1.29, 1.82) is 0 Å². The van der Waals surface area contributed by atoms with Crippen molar-refractivity contribution in [3.05, 3.63) is 70.5 Å². The van der Waals surface area contributed by atoms with Gasteiger partial charge in [0, 0.05) is 5.02 Å². The Bertz CT molecular complexity index is 706. The van der Waals surface area contributed by atoms with Gasteiger partial charge in [-0.3, -0.25) is 4.79 Å². The van der Waals surface area contributed by atoms with Crippen molar-refractivity contribution < 1.29 is 18.7 Å². The largest absolute Gasteiger partial charge is 0.452 e. The van der Waals surface area contributed by atoms with Crippen LogP contribution in [0, 0.1) is 5.82 Å². The smallest absolute Gasteiger partial charge is 0.341 e. The average Bonchev–Trinajstić information content (AvgIpc) is 2.53. The molecule has 0 aliphatic rings. The third kappa shape index (κ3) is 4.79. The van der Waals surface area contributed by atoms with Crippen LogP contribution >= 0.6 is 11.6 Å². The van der Waals surface area contributed by atoms with E-state index >= 15 is 0 Å². The highest BCUT2D eigenvalue weighted by Crippen LogP contribution is 2.15. The lowest BCUT2D eigenvalue weighted by molar-refractivity contribution is -0.124. The van der Waals surface area contributed by atoms with Gasteiger partial charge in [-0.15, -0.1) is 0 Å². The third-order valence-corrected chi connectivity index (χ3v) is 3.40. The zero-order chi connectivity index (χ0) is 16.8. The van der Waals surface area contributed by atoms with Gasteiger partial charge >= 0.3 is 5.97 Å². The SMILES string of the molecule is C[C@H](NC(=O)COC(=O)c1ccc(Cl)cc1F)c1ccccc1. The Balaban J connectivity index is 1.88. The highest BCUT2D eigenvalue weighted by atomic mass is 35.5. The molecule has 0 aromatic heterocycles. The maximum atomic E-state index is 13.6. The molecule has 0 unspecified atom stereocenters. The molecule has 0 heterocycles. The second-order valence-corrected chi connectivity index (χ2v) is 5.34. The zero-order valence-corrected chi connectivity index (χ0v) is 13.1. The number of hydrogen-bond donors (Lipinski definition) is 1. The van der Waals surface area contributed by atoms with Crippen LogP contribution in [0.3, 0.4) is 0 Å². The monoisotopic (exact) mass is 335 g/mol. The molecule has 6 heteroatoms. The van der Waals surface area contributed by atoms with E-state index in [-0.39, 0.29) is 16.6 Å². The van der Waals surface area contributed by atoms with E-state index in [1.807, 2.05) is 37.3 Å². The molecule has 2 aromatic carbocycles. The van der Waals surface area contributed by atoms with Crippen LogP contribution in [0.2, 0.25) is 5.02 Å².